The monoisotopic (exact) mass is 305 g/mol. The number of hydrogen-bond donors (Lipinski definition) is 1. The molecule has 0 aliphatic carbocycles. The fourth-order valence-corrected chi connectivity index (χ4v) is 3.12. The van der Waals surface area contributed by atoms with Crippen molar-refractivity contribution in [1.29, 1.82) is 0 Å². The maximum Gasteiger partial charge on any atom is 0.273 e. The first-order valence-corrected chi connectivity index (χ1v) is 7.69. The lowest BCUT2D eigenvalue weighted by atomic mass is 10.1. The summed E-state index contributed by atoms with van der Waals surface area (Å²) in [6.45, 7) is 4.86. The largest absolute Gasteiger partial charge is 0.376 e. The second kappa shape index (κ2) is 6.18. The van der Waals surface area contributed by atoms with Crippen LogP contribution in [-0.2, 0) is 4.74 Å². The molecular weight excluding hydrogens is 282 g/mol. The lowest BCUT2D eigenvalue weighted by molar-refractivity contribution is -0.0390. The molecule has 1 amide bonds. The zero-order chi connectivity index (χ0) is 15.7. The molecule has 0 saturated carbocycles. The number of nitrogens with zero attached hydrogens (tertiary/aromatic N) is 4. The molecule has 0 bridgehead atoms. The van der Waals surface area contributed by atoms with Gasteiger partial charge in [0.2, 0.25) is 0 Å². The van der Waals surface area contributed by atoms with Crippen molar-refractivity contribution in [2.45, 2.75) is 31.5 Å². The summed E-state index contributed by atoms with van der Waals surface area (Å²) in [5.74, 6) is 0.522. The van der Waals surface area contributed by atoms with Crippen LogP contribution in [0.15, 0.2) is 12.4 Å². The highest BCUT2D eigenvalue weighted by Gasteiger charge is 2.36. The van der Waals surface area contributed by atoms with Crippen molar-refractivity contribution in [2.75, 3.05) is 39.1 Å². The van der Waals surface area contributed by atoms with Crippen molar-refractivity contribution >= 4 is 11.7 Å². The van der Waals surface area contributed by atoms with Crippen LogP contribution in [0.4, 0.5) is 5.82 Å². The molecule has 1 N–H and O–H groups in total. The number of nitrogens with one attached hydrogen (secondary N) is 1. The van der Waals surface area contributed by atoms with Gasteiger partial charge < -0.3 is 15.0 Å². The van der Waals surface area contributed by atoms with Crippen LogP contribution in [-0.4, -0.2) is 77.7 Å². The lowest BCUT2D eigenvalue weighted by Gasteiger charge is -2.33. The minimum absolute atomic E-state index is 0.137. The molecule has 7 nitrogen and oxygen atoms in total. The minimum atomic E-state index is -0.137. The first-order valence-electron chi connectivity index (χ1n) is 7.69. The molecule has 2 saturated heterocycles. The summed E-state index contributed by atoms with van der Waals surface area (Å²) in [4.78, 5) is 24.4. The molecule has 2 fully saturated rings. The number of fused-ring (bicyclic) bond motifs is 1. The molecule has 0 spiro atoms. The molecule has 3 heterocycles. The number of rotatable bonds is 3. The van der Waals surface area contributed by atoms with Crippen molar-refractivity contribution < 1.29 is 9.53 Å². The van der Waals surface area contributed by atoms with Gasteiger partial charge in [-0.15, -0.1) is 0 Å². The van der Waals surface area contributed by atoms with Crippen LogP contribution in [0, 0.1) is 0 Å². The van der Waals surface area contributed by atoms with E-state index in [0.717, 1.165) is 26.1 Å². The molecule has 3 rings (SSSR count). The van der Waals surface area contributed by atoms with Crippen molar-refractivity contribution in [3.63, 3.8) is 0 Å². The van der Waals surface area contributed by atoms with E-state index >= 15 is 0 Å². The average molecular weight is 305 g/mol. The van der Waals surface area contributed by atoms with Gasteiger partial charge in [0.25, 0.3) is 5.91 Å². The Bertz CT molecular complexity index is 550. The van der Waals surface area contributed by atoms with Gasteiger partial charge in [0.15, 0.2) is 0 Å². The Morgan fingerprint density at radius 1 is 1.41 bits per heavy atom. The molecule has 2 aliphatic rings. The summed E-state index contributed by atoms with van der Waals surface area (Å²) < 4.78 is 5.72. The van der Waals surface area contributed by atoms with Gasteiger partial charge in [-0.1, -0.05) is 0 Å². The SMILES string of the molecule is C[C@H]1CN2C[C@H](Nc3cncc(C(=O)N(C)C)n3)C[C@H]2CO1. The first-order chi connectivity index (χ1) is 10.5. The summed E-state index contributed by atoms with van der Waals surface area (Å²) >= 11 is 0. The second-order valence-corrected chi connectivity index (χ2v) is 6.32. The highest BCUT2D eigenvalue weighted by atomic mass is 16.5. The van der Waals surface area contributed by atoms with Crippen LogP contribution in [0.3, 0.4) is 0 Å². The number of aromatic nitrogens is 2. The maximum absolute atomic E-state index is 11.9. The fraction of sp³-hybridized carbons (Fsp3) is 0.667. The van der Waals surface area contributed by atoms with Gasteiger partial charge in [-0.05, 0) is 13.3 Å². The van der Waals surface area contributed by atoms with Crippen molar-refractivity contribution in [3.05, 3.63) is 18.1 Å². The first kappa shape index (κ1) is 15.2. The van der Waals surface area contributed by atoms with Gasteiger partial charge in [-0.2, -0.15) is 0 Å². The Kier molecular flexibility index (Phi) is 4.26. The summed E-state index contributed by atoms with van der Waals surface area (Å²) in [5, 5.41) is 3.40. The predicted octanol–water partition coefficient (Wildman–Crippen LogP) is 0.452. The Morgan fingerprint density at radius 2 is 2.23 bits per heavy atom. The molecule has 120 valence electrons. The molecule has 0 unspecified atom stereocenters. The van der Waals surface area contributed by atoms with E-state index < -0.39 is 0 Å². The fourth-order valence-electron chi connectivity index (χ4n) is 3.12. The number of amides is 1. The second-order valence-electron chi connectivity index (χ2n) is 6.32. The molecule has 7 heteroatoms. The quantitative estimate of drug-likeness (QED) is 0.874. The van der Waals surface area contributed by atoms with Gasteiger partial charge in [-0.3, -0.25) is 14.7 Å². The molecule has 2 aliphatic heterocycles. The standard InChI is InChI=1S/C15H23N5O2/c1-10-7-20-8-11(4-12(20)9-22-10)17-14-6-16-5-13(18-14)15(21)19(2)3/h5-6,10-12H,4,7-9H2,1-3H3,(H,17,18)/t10-,11+,12-/m0/s1. The molecule has 1 aromatic heterocycles. The van der Waals surface area contributed by atoms with Crippen molar-refractivity contribution in [1.82, 2.24) is 19.8 Å². The van der Waals surface area contributed by atoms with Gasteiger partial charge >= 0.3 is 0 Å². The Hall–Kier alpha value is -1.73. The molecule has 3 atom stereocenters. The molecule has 1 aromatic rings. The number of hydrogen-bond acceptors (Lipinski definition) is 6. The molecule has 0 radical (unpaired) electrons. The van der Waals surface area contributed by atoms with Crippen LogP contribution in [0.2, 0.25) is 0 Å². The third-order valence-electron chi connectivity index (χ3n) is 4.20. The Labute approximate surface area is 130 Å². The van der Waals surface area contributed by atoms with Gasteiger partial charge in [0.05, 0.1) is 25.1 Å². The third kappa shape index (κ3) is 3.20. The number of morpholine rings is 1. The molecule has 0 aromatic carbocycles. The zero-order valence-corrected chi connectivity index (χ0v) is 13.3. The van der Waals surface area contributed by atoms with Crippen molar-refractivity contribution in [3.8, 4) is 0 Å². The third-order valence-corrected chi connectivity index (χ3v) is 4.20. The molecular formula is C15H23N5O2. The van der Waals surface area contributed by atoms with Crippen molar-refractivity contribution in [2.24, 2.45) is 0 Å². The maximum atomic E-state index is 11.9. The van der Waals surface area contributed by atoms with Gasteiger partial charge in [-0.25, -0.2) is 4.98 Å². The van der Waals surface area contributed by atoms with E-state index in [-0.39, 0.29) is 5.91 Å². The van der Waals surface area contributed by atoms with Gasteiger partial charge in [0, 0.05) is 39.3 Å². The van der Waals surface area contributed by atoms with Gasteiger partial charge in [0.1, 0.15) is 11.5 Å². The van der Waals surface area contributed by atoms with Crippen LogP contribution in [0.25, 0.3) is 0 Å². The smallest absolute Gasteiger partial charge is 0.273 e. The number of ether oxygens (including phenoxy) is 1. The van der Waals surface area contributed by atoms with Crippen LogP contribution < -0.4 is 5.32 Å². The minimum Gasteiger partial charge on any atom is -0.376 e. The van der Waals surface area contributed by atoms with Crippen LogP contribution in [0.1, 0.15) is 23.8 Å². The van der Waals surface area contributed by atoms with Crippen LogP contribution in [0.5, 0.6) is 0 Å². The Morgan fingerprint density at radius 3 is 3.00 bits per heavy atom. The predicted molar refractivity (Wildman–Crippen MR) is 82.9 cm³/mol. The topological polar surface area (TPSA) is 70.6 Å². The lowest BCUT2D eigenvalue weighted by Crippen LogP contribution is -2.45. The van der Waals surface area contributed by atoms with E-state index in [1.807, 2.05) is 0 Å². The van der Waals surface area contributed by atoms with E-state index in [2.05, 4.69) is 27.1 Å². The van der Waals surface area contributed by atoms with E-state index in [1.165, 1.54) is 11.1 Å². The number of anilines is 1. The van der Waals surface area contributed by atoms with E-state index in [4.69, 9.17) is 4.74 Å². The zero-order valence-electron chi connectivity index (χ0n) is 13.3. The summed E-state index contributed by atoms with van der Waals surface area (Å²) in [6, 6.07) is 0.797. The Balaban J connectivity index is 1.64. The highest BCUT2D eigenvalue weighted by Crippen LogP contribution is 2.24. The average Bonchev–Trinajstić information content (AvgIpc) is 2.87. The van der Waals surface area contributed by atoms with E-state index in [0.29, 0.717) is 29.7 Å². The highest BCUT2D eigenvalue weighted by molar-refractivity contribution is 5.91. The summed E-state index contributed by atoms with van der Waals surface area (Å²) in [6.07, 6.45) is 4.50. The van der Waals surface area contributed by atoms with E-state index in [9.17, 15) is 4.79 Å². The molecule has 22 heavy (non-hydrogen) atoms. The summed E-state index contributed by atoms with van der Waals surface area (Å²) in [5.41, 5.74) is 0.364. The summed E-state index contributed by atoms with van der Waals surface area (Å²) in [7, 11) is 3.42. The van der Waals surface area contributed by atoms with E-state index in [1.54, 1.807) is 20.3 Å². The normalized spacial score (nSPS) is 28.2. The number of carbonyl (C=O) groups excluding carboxylic acids is 1. The number of carbonyl (C=O) groups is 1. The van der Waals surface area contributed by atoms with Crippen LogP contribution >= 0.6 is 0 Å².